The summed E-state index contributed by atoms with van der Waals surface area (Å²) < 4.78 is 18.0. The van der Waals surface area contributed by atoms with Crippen molar-refractivity contribution in [2.75, 3.05) is 55.7 Å². The molecule has 1 aliphatic carbocycles. The lowest BCUT2D eigenvalue weighted by molar-refractivity contribution is -0.0786. The number of carbonyl (C=O) groups is 2. The largest absolute Gasteiger partial charge is 0.465 e. The van der Waals surface area contributed by atoms with Crippen molar-refractivity contribution < 1.29 is 28.9 Å². The smallest absolute Gasteiger partial charge is 0.410 e. The number of hydrogen-bond donors (Lipinski definition) is 1. The number of fused-ring (bicyclic) bond motifs is 2. The van der Waals surface area contributed by atoms with Crippen molar-refractivity contribution in [3.8, 4) is 12.1 Å². The molecule has 0 bridgehead atoms. The summed E-state index contributed by atoms with van der Waals surface area (Å²) in [5.74, 6) is 0.728. The molecule has 268 valence electrons. The van der Waals surface area contributed by atoms with E-state index in [-0.39, 0.29) is 32.2 Å². The molecule has 2 atom stereocenters. The molecule has 1 saturated carbocycles. The summed E-state index contributed by atoms with van der Waals surface area (Å²) in [7, 11) is 0. The summed E-state index contributed by atoms with van der Waals surface area (Å²) in [6, 6.07) is 26.2. The molecule has 4 aliphatic rings. The lowest BCUT2D eigenvalue weighted by Crippen LogP contribution is -2.56. The standard InChI is InChI=1S/C39H41N7O6/c40-17-13-29-21-44(19-20-45(29)38(49)51-24-27-7-2-1-3-8-27)35-32-14-18-43(34-12-6-10-28-9-4-5-11-31(28)34)23-33(32)41-36(42-35)50-25-30-22-46(37(47)48)39(15-16-39)26-52-30/h1-12,29-30H,13-16,18-26H2,(H,47,48). The highest BCUT2D eigenvalue weighted by atomic mass is 16.6. The Hall–Kier alpha value is -5.61. The van der Waals surface area contributed by atoms with E-state index in [1.54, 1.807) is 4.90 Å². The van der Waals surface area contributed by atoms with E-state index in [0.29, 0.717) is 39.2 Å². The van der Waals surface area contributed by atoms with Crippen LogP contribution >= 0.6 is 0 Å². The first-order valence-electron chi connectivity index (χ1n) is 17.9. The Morgan fingerprint density at radius 3 is 2.58 bits per heavy atom. The molecular weight excluding hydrogens is 662 g/mol. The lowest BCUT2D eigenvalue weighted by Gasteiger charge is -2.42. The minimum absolute atomic E-state index is 0.100. The second-order valence-electron chi connectivity index (χ2n) is 14.0. The molecule has 13 nitrogen and oxygen atoms in total. The summed E-state index contributed by atoms with van der Waals surface area (Å²) in [6.45, 7) is 3.37. The summed E-state index contributed by atoms with van der Waals surface area (Å²) in [5, 5.41) is 21.9. The van der Waals surface area contributed by atoms with Crippen LogP contribution in [0.5, 0.6) is 6.01 Å². The van der Waals surface area contributed by atoms with Gasteiger partial charge in [0.1, 0.15) is 25.1 Å². The molecule has 3 aromatic carbocycles. The van der Waals surface area contributed by atoms with Crippen molar-refractivity contribution >= 4 is 34.5 Å². The summed E-state index contributed by atoms with van der Waals surface area (Å²) in [6.07, 6.45) is 0.606. The number of benzene rings is 3. The van der Waals surface area contributed by atoms with Gasteiger partial charge in [0.25, 0.3) is 0 Å². The highest BCUT2D eigenvalue weighted by Crippen LogP contribution is 2.44. The highest BCUT2D eigenvalue weighted by molar-refractivity contribution is 5.94. The van der Waals surface area contributed by atoms with Gasteiger partial charge in [0, 0.05) is 42.8 Å². The Morgan fingerprint density at radius 2 is 1.77 bits per heavy atom. The van der Waals surface area contributed by atoms with Gasteiger partial charge in [-0.15, -0.1) is 0 Å². The molecule has 13 heteroatoms. The fourth-order valence-electron chi connectivity index (χ4n) is 7.68. The van der Waals surface area contributed by atoms with Crippen molar-refractivity contribution in [2.45, 2.75) is 56.5 Å². The van der Waals surface area contributed by atoms with Gasteiger partial charge in [-0.25, -0.2) is 9.59 Å². The molecular formula is C39H41N7O6. The van der Waals surface area contributed by atoms with E-state index < -0.39 is 29.9 Å². The zero-order valence-electron chi connectivity index (χ0n) is 28.9. The third kappa shape index (κ3) is 6.74. The summed E-state index contributed by atoms with van der Waals surface area (Å²) in [4.78, 5) is 42.8. The van der Waals surface area contributed by atoms with E-state index in [0.717, 1.165) is 53.1 Å². The van der Waals surface area contributed by atoms with E-state index in [2.05, 4.69) is 52.3 Å². The number of carbonyl (C=O) groups excluding carboxylic acids is 1. The maximum absolute atomic E-state index is 13.3. The second kappa shape index (κ2) is 14.2. The molecule has 4 aromatic rings. The van der Waals surface area contributed by atoms with Gasteiger partial charge in [-0.05, 0) is 36.3 Å². The number of amides is 2. The SMILES string of the molecule is N#CCC1CN(c2nc(OCC3CN(C(=O)O)C4(CC4)CO3)nc3c2CCN(c2cccc4ccccc24)C3)CCN1C(=O)OCc1ccccc1. The minimum atomic E-state index is -0.943. The molecule has 52 heavy (non-hydrogen) atoms. The molecule has 0 radical (unpaired) electrons. The van der Waals surface area contributed by atoms with Gasteiger partial charge in [-0.1, -0.05) is 66.7 Å². The Bertz CT molecular complexity index is 2000. The van der Waals surface area contributed by atoms with Crippen LogP contribution in [0.3, 0.4) is 0 Å². The minimum Gasteiger partial charge on any atom is -0.465 e. The fourth-order valence-corrected chi connectivity index (χ4v) is 7.68. The van der Waals surface area contributed by atoms with Crippen molar-refractivity contribution in [1.29, 1.82) is 5.26 Å². The molecule has 4 heterocycles. The number of aromatic nitrogens is 2. The van der Waals surface area contributed by atoms with Gasteiger partial charge in [-0.3, -0.25) is 4.90 Å². The van der Waals surface area contributed by atoms with Crippen LogP contribution in [0.2, 0.25) is 0 Å². The summed E-state index contributed by atoms with van der Waals surface area (Å²) in [5.41, 5.74) is 3.47. The Balaban J connectivity index is 1.05. The number of nitriles is 1. The van der Waals surface area contributed by atoms with Gasteiger partial charge in [0.05, 0.1) is 49.5 Å². The number of carboxylic acid groups (broad SMARTS) is 1. The van der Waals surface area contributed by atoms with Crippen LogP contribution in [0.15, 0.2) is 72.8 Å². The molecule has 3 aliphatic heterocycles. The average Bonchev–Trinajstić information content (AvgIpc) is 3.95. The Kier molecular flexibility index (Phi) is 9.15. The number of piperazine rings is 1. The zero-order valence-corrected chi connectivity index (χ0v) is 28.9. The molecule has 2 unspecified atom stereocenters. The van der Waals surface area contributed by atoms with Crippen LogP contribution in [0, 0.1) is 11.3 Å². The third-order valence-electron chi connectivity index (χ3n) is 10.7. The number of rotatable bonds is 8. The van der Waals surface area contributed by atoms with E-state index in [1.165, 1.54) is 10.3 Å². The van der Waals surface area contributed by atoms with E-state index in [4.69, 9.17) is 24.2 Å². The molecule has 3 fully saturated rings. The summed E-state index contributed by atoms with van der Waals surface area (Å²) >= 11 is 0. The lowest BCUT2D eigenvalue weighted by atomic mass is 10.0. The van der Waals surface area contributed by atoms with Crippen molar-refractivity contribution in [2.24, 2.45) is 0 Å². The van der Waals surface area contributed by atoms with Crippen LogP contribution in [-0.4, -0.2) is 101 Å². The third-order valence-corrected chi connectivity index (χ3v) is 10.7. The van der Waals surface area contributed by atoms with Gasteiger partial charge in [-0.2, -0.15) is 15.2 Å². The number of morpholine rings is 1. The molecule has 1 N–H and O–H groups in total. The number of nitrogens with zero attached hydrogens (tertiary/aromatic N) is 7. The Morgan fingerprint density at radius 1 is 0.962 bits per heavy atom. The fraction of sp³-hybridized carbons (Fsp3) is 0.410. The van der Waals surface area contributed by atoms with Crippen LogP contribution in [-0.2, 0) is 29.0 Å². The molecule has 2 saturated heterocycles. The van der Waals surface area contributed by atoms with Gasteiger partial charge in [0.2, 0.25) is 0 Å². The van der Waals surface area contributed by atoms with Crippen molar-refractivity contribution in [3.63, 3.8) is 0 Å². The topological polar surface area (TPSA) is 145 Å². The van der Waals surface area contributed by atoms with Crippen LogP contribution in [0.25, 0.3) is 10.8 Å². The number of hydrogen-bond acceptors (Lipinski definition) is 10. The predicted octanol–water partition coefficient (Wildman–Crippen LogP) is 5.22. The maximum atomic E-state index is 13.3. The monoisotopic (exact) mass is 703 g/mol. The number of anilines is 2. The molecule has 8 rings (SSSR count). The first-order chi connectivity index (χ1) is 25.4. The predicted molar refractivity (Wildman–Crippen MR) is 192 cm³/mol. The van der Waals surface area contributed by atoms with Gasteiger partial charge in [0.15, 0.2) is 0 Å². The molecule has 1 aromatic heterocycles. The second-order valence-corrected chi connectivity index (χ2v) is 14.0. The maximum Gasteiger partial charge on any atom is 0.410 e. The van der Waals surface area contributed by atoms with E-state index >= 15 is 0 Å². The normalized spacial score (nSPS) is 20.7. The molecule has 2 amide bonds. The van der Waals surface area contributed by atoms with E-state index in [1.807, 2.05) is 36.4 Å². The van der Waals surface area contributed by atoms with Gasteiger partial charge < -0.3 is 34.0 Å². The van der Waals surface area contributed by atoms with E-state index in [9.17, 15) is 20.0 Å². The van der Waals surface area contributed by atoms with Crippen LogP contribution in [0.1, 0.15) is 36.1 Å². The first-order valence-corrected chi connectivity index (χ1v) is 17.9. The average molecular weight is 704 g/mol. The zero-order chi connectivity index (χ0) is 35.7. The van der Waals surface area contributed by atoms with Gasteiger partial charge >= 0.3 is 18.2 Å². The number of ether oxygens (including phenoxy) is 3. The Labute approximate surface area is 301 Å². The van der Waals surface area contributed by atoms with Crippen molar-refractivity contribution in [1.82, 2.24) is 19.8 Å². The van der Waals surface area contributed by atoms with Crippen LogP contribution < -0.4 is 14.5 Å². The highest BCUT2D eigenvalue weighted by Gasteiger charge is 2.54. The first kappa shape index (κ1) is 33.5. The van der Waals surface area contributed by atoms with Crippen molar-refractivity contribution in [3.05, 3.63) is 89.6 Å². The van der Waals surface area contributed by atoms with Crippen LogP contribution in [0.4, 0.5) is 21.1 Å². The molecule has 1 spiro atoms. The quantitative estimate of drug-likeness (QED) is 0.258.